The Labute approximate surface area is 122 Å². The molecule has 17 heavy (non-hydrogen) atoms. The molecule has 1 saturated carbocycles. The molecule has 1 aliphatic rings. The molecule has 1 aromatic carbocycles. The summed E-state index contributed by atoms with van der Waals surface area (Å²) >= 11 is 16.1. The maximum absolute atomic E-state index is 6.23. The highest BCUT2D eigenvalue weighted by atomic mass is 79.9. The molecule has 1 aliphatic carbocycles. The predicted molar refractivity (Wildman–Crippen MR) is 79.5 cm³/mol. The first-order valence-electron chi connectivity index (χ1n) is 6.25. The fourth-order valence-corrected chi connectivity index (χ4v) is 3.72. The molecule has 0 spiro atoms. The Morgan fingerprint density at radius 2 is 1.88 bits per heavy atom. The van der Waals surface area contributed by atoms with Crippen molar-refractivity contribution in [2.24, 2.45) is 5.92 Å². The summed E-state index contributed by atoms with van der Waals surface area (Å²) in [7, 11) is 0. The Kier molecular flexibility index (Phi) is 5.20. The minimum Gasteiger partial charge on any atom is -0.0888 e. The van der Waals surface area contributed by atoms with Crippen molar-refractivity contribution in [3.8, 4) is 0 Å². The van der Waals surface area contributed by atoms with Crippen LogP contribution in [-0.4, -0.2) is 4.83 Å². The van der Waals surface area contributed by atoms with Crippen LogP contribution in [0.3, 0.4) is 0 Å². The first-order valence-corrected chi connectivity index (χ1v) is 7.92. The molecule has 3 heteroatoms. The second-order valence-electron chi connectivity index (χ2n) is 4.85. The van der Waals surface area contributed by atoms with E-state index in [1.54, 1.807) is 0 Å². The molecule has 0 N–H and O–H groups in total. The third-order valence-electron chi connectivity index (χ3n) is 3.56. The first kappa shape index (κ1) is 13.7. The van der Waals surface area contributed by atoms with E-state index in [0.29, 0.717) is 10.7 Å². The molecule has 0 amide bonds. The molecule has 0 bridgehead atoms. The van der Waals surface area contributed by atoms with Crippen molar-refractivity contribution in [3.63, 3.8) is 0 Å². The number of benzene rings is 1. The van der Waals surface area contributed by atoms with Gasteiger partial charge in [0.1, 0.15) is 0 Å². The number of alkyl halides is 1. The average Bonchev–Trinajstić information content (AvgIpc) is 2.50. The minimum absolute atomic E-state index is 0.625. The lowest BCUT2D eigenvalue weighted by molar-refractivity contribution is 0.475. The van der Waals surface area contributed by atoms with Gasteiger partial charge in [-0.15, -0.1) is 0 Å². The number of halogens is 3. The fourth-order valence-electron chi connectivity index (χ4n) is 2.55. The summed E-state index contributed by atoms with van der Waals surface area (Å²) < 4.78 is 0. The van der Waals surface area contributed by atoms with Crippen LogP contribution >= 0.6 is 39.1 Å². The van der Waals surface area contributed by atoms with Crippen LogP contribution in [0.1, 0.15) is 37.7 Å². The van der Waals surface area contributed by atoms with E-state index >= 15 is 0 Å². The molecule has 0 aliphatic heterocycles. The largest absolute Gasteiger partial charge is 0.0888 e. The van der Waals surface area contributed by atoms with Gasteiger partial charge in [0.2, 0.25) is 0 Å². The van der Waals surface area contributed by atoms with Crippen LogP contribution in [0, 0.1) is 5.92 Å². The van der Waals surface area contributed by atoms with Gasteiger partial charge in [0.25, 0.3) is 0 Å². The Balaban J connectivity index is 2.10. The zero-order chi connectivity index (χ0) is 12.3. The van der Waals surface area contributed by atoms with E-state index in [0.717, 1.165) is 16.5 Å². The molecular weight excluding hydrogens is 319 g/mol. The zero-order valence-corrected chi connectivity index (χ0v) is 12.9. The van der Waals surface area contributed by atoms with Crippen molar-refractivity contribution in [1.29, 1.82) is 0 Å². The van der Waals surface area contributed by atoms with Crippen LogP contribution < -0.4 is 0 Å². The summed E-state index contributed by atoms with van der Waals surface area (Å²) in [5.74, 6) is 0.688. The van der Waals surface area contributed by atoms with Gasteiger partial charge < -0.3 is 0 Å². The molecule has 1 fully saturated rings. The lowest BCUT2D eigenvalue weighted by Crippen LogP contribution is -2.15. The standard InChI is InChI=1S/C14H17BrCl2/c15-13-5-3-1-2-4-10(13)8-11-9-12(16)6-7-14(11)17/h6-7,9-10,13H,1-5,8H2. The predicted octanol–water partition coefficient (Wildman–Crippen LogP) is 5.88. The van der Waals surface area contributed by atoms with E-state index in [2.05, 4.69) is 15.9 Å². The van der Waals surface area contributed by atoms with Gasteiger partial charge in [0, 0.05) is 14.9 Å². The monoisotopic (exact) mass is 334 g/mol. The first-order chi connectivity index (χ1) is 8.16. The number of rotatable bonds is 2. The van der Waals surface area contributed by atoms with Crippen LogP contribution in [0.4, 0.5) is 0 Å². The van der Waals surface area contributed by atoms with Crippen molar-refractivity contribution >= 4 is 39.1 Å². The normalized spacial score (nSPS) is 25.6. The van der Waals surface area contributed by atoms with E-state index in [1.807, 2.05) is 18.2 Å². The Morgan fingerprint density at radius 1 is 1.12 bits per heavy atom. The van der Waals surface area contributed by atoms with Crippen molar-refractivity contribution < 1.29 is 0 Å². The van der Waals surface area contributed by atoms with Gasteiger partial charge in [-0.3, -0.25) is 0 Å². The molecule has 1 aromatic rings. The van der Waals surface area contributed by atoms with Crippen molar-refractivity contribution in [2.45, 2.75) is 43.4 Å². The SMILES string of the molecule is Clc1ccc(Cl)c(CC2CCCCCC2Br)c1. The van der Waals surface area contributed by atoms with E-state index in [-0.39, 0.29) is 0 Å². The van der Waals surface area contributed by atoms with Gasteiger partial charge in [-0.05, 0) is 48.9 Å². The summed E-state index contributed by atoms with van der Waals surface area (Å²) in [5.41, 5.74) is 1.19. The highest BCUT2D eigenvalue weighted by molar-refractivity contribution is 9.09. The van der Waals surface area contributed by atoms with E-state index in [4.69, 9.17) is 23.2 Å². The molecule has 0 nitrogen and oxygen atoms in total. The third-order valence-corrected chi connectivity index (χ3v) is 5.37. The lowest BCUT2D eigenvalue weighted by atomic mass is 9.92. The quantitative estimate of drug-likeness (QED) is 0.467. The second-order valence-corrected chi connectivity index (χ2v) is 6.87. The molecule has 2 atom stereocenters. The molecule has 0 heterocycles. The van der Waals surface area contributed by atoms with Gasteiger partial charge in [-0.2, -0.15) is 0 Å². The van der Waals surface area contributed by atoms with Gasteiger partial charge in [0.15, 0.2) is 0 Å². The highest BCUT2D eigenvalue weighted by Crippen LogP contribution is 2.33. The molecule has 2 rings (SSSR count). The van der Waals surface area contributed by atoms with Gasteiger partial charge in [-0.1, -0.05) is 58.4 Å². The molecule has 2 unspecified atom stereocenters. The third kappa shape index (κ3) is 3.87. The van der Waals surface area contributed by atoms with Crippen LogP contribution in [0.2, 0.25) is 10.0 Å². The van der Waals surface area contributed by atoms with Crippen LogP contribution in [0.15, 0.2) is 18.2 Å². The second kappa shape index (κ2) is 6.45. The lowest BCUT2D eigenvalue weighted by Gasteiger charge is -2.20. The smallest absolute Gasteiger partial charge is 0.0439 e. The molecule has 0 saturated heterocycles. The van der Waals surface area contributed by atoms with Crippen LogP contribution in [0.25, 0.3) is 0 Å². The van der Waals surface area contributed by atoms with Crippen molar-refractivity contribution in [2.75, 3.05) is 0 Å². The summed E-state index contributed by atoms with van der Waals surface area (Å²) in [4.78, 5) is 0.625. The molecule has 0 aromatic heterocycles. The average molecular weight is 336 g/mol. The Bertz CT molecular complexity index is 378. The minimum atomic E-state index is 0.625. The summed E-state index contributed by atoms with van der Waals surface area (Å²) in [6.45, 7) is 0. The number of hydrogen-bond acceptors (Lipinski definition) is 0. The van der Waals surface area contributed by atoms with Crippen LogP contribution in [0.5, 0.6) is 0 Å². The topological polar surface area (TPSA) is 0 Å². The van der Waals surface area contributed by atoms with E-state index in [9.17, 15) is 0 Å². The Morgan fingerprint density at radius 3 is 2.71 bits per heavy atom. The maximum atomic E-state index is 6.23. The van der Waals surface area contributed by atoms with Crippen molar-refractivity contribution in [1.82, 2.24) is 0 Å². The van der Waals surface area contributed by atoms with Crippen LogP contribution in [-0.2, 0) is 6.42 Å². The van der Waals surface area contributed by atoms with Gasteiger partial charge >= 0.3 is 0 Å². The zero-order valence-electron chi connectivity index (χ0n) is 9.76. The molecule has 0 radical (unpaired) electrons. The van der Waals surface area contributed by atoms with E-state index < -0.39 is 0 Å². The summed E-state index contributed by atoms with van der Waals surface area (Å²) in [6.07, 6.45) is 7.65. The summed E-state index contributed by atoms with van der Waals surface area (Å²) in [5, 5.41) is 1.63. The van der Waals surface area contributed by atoms with E-state index in [1.165, 1.54) is 37.7 Å². The summed E-state index contributed by atoms with van der Waals surface area (Å²) in [6, 6.07) is 5.76. The molecular formula is C14H17BrCl2. The fraction of sp³-hybridized carbons (Fsp3) is 0.571. The Hall–Kier alpha value is 0.280. The number of hydrogen-bond donors (Lipinski definition) is 0. The van der Waals surface area contributed by atoms with Gasteiger partial charge in [0.05, 0.1) is 0 Å². The van der Waals surface area contributed by atoms with Crippen molar-refractivity contribution in [3.05, 3.63) is 33.8 Å². The van der Waals surface area contributed by atoms with Gasteiger partial charge in [-0.25, -0.2) is 0 Å². The molecule has 94 valence electrons. The highest BCUT2D eigenvalue weighted by Gasteiger charge is 2.22. The maximum Gasteiger partial charge on any atom is 0.0439 e.